The molecule has 0 unspecified atom stereocenters. The van der Waals surface area contributed by atoms with E-state index in [0.717, 1.165) is 6.33 Å². The SMILES string of the molecule is COC(=O)c1ccc(Oc2ncnc(NNC(=O)c3ccncc3)c2[N+](=O)[O-])cc1. The smallest absolute Gasteiger partial charge is 0.374 e. The highest BCUT2D eigenvalue weighted by atomic mass is 16.6. The van der Waals surface area contributed by atoms with Gasteiger partial charge in [0.15, 0.2) is 0 Å². The minimum atomic E-state index is -0.751. The Hall–Kier alpha value is -4.61. The molecule has 1 amide bonds. The number of esters is 1. The molecule has 0 saturated carbocycles. The first-order valence-corrected chi connectivity index (χ1v) is 8.31. The summed E-state index contributed by atoms with van der Waals surface area (Å²) in [6.45, 7) is 0. The van der Waals surface area contributed by atoms with Gasteiger partial charge < -0.3 is 9.47 Å². The van der Waals surface area contributed by atoms with Crippen LogP contribution in [0.15, 0.2) is 55.1 Å². The van der Waals surface area contributed by atoms with Gasteiger partial charge in [0, 0.05) is 18.0 Å². The molecule has 0 aliphatic heterocycles. The summed E-state index contributed by atoms with van der Waals surface area (Å²) in [5, 5.41) is 11.6. The van der Waals surface area contributed by atoms with Crippen molar-refractivity contribution < 1.29 is 24.0 Å². The number of carbonyl (C=O) groups is 2. The number of anilines is 1. The number of ether oxygens (including phenoxy) is 2. The minimum absolute atomic E-state index is 0.191. The van der Waals surface area contributed by atoms with Crippen molar-refractivity contribution in [2.45, 2.75) is 0 Å². The third-order valence-corrected chi connectivity index (χ3v) is 3.70. The molecule has 0 spiro atoms. The first-order chi connectivity index (χ1) is 14.5. The molecule has 2 N–H and O–H groups in total. The molecule has 0 bridgehead atoms. The van der Waals surface area contributed by atoms with Gasteiger partial charge >= 0.3 is 17.5 Å². The van der Waals surface area contributed by atoms with Crippen molar-refractivity contribution in [3.63, 3.8) is 0 Å². The molecule has 152 valence electrons. The van der Waals surface area contributed by atoms with Gasteiger partial charge in [0.2, 0.25) is 5.82 Å². The van der Waals surface area contributed by atoms with Crippen LogP contribution in [0.25, 0.3) is 0 Å². The fourth-order valence-electron chi connectivity index (χ4n) is 2.27. The number of carbonyl (C=O) groups excluding carboxylic acids is 2. The number of pyridine rings is 1. The van der Waals surface area contributed by atoms with Crippen LogP contribution in [0.5, 0.6) is 11.6 Å². The average Bonchev–Trinajstić information content (AvgIpc) is 2.77. The van der Waals surface area contributed by atoms with Crippen LogP contribution in [0.3, 0.4) is 0 Å². The van der Waals surface area contributed by atoms with Crippen molar-refractivity contribution >= 4 is 23.4 Å². The molecule has 0 saturated heterocycles. The summed E-state index contributed by atoms with van der Waals surface area (Å²) in [7, 11) is 1.25. The molecule has 0 fully saturated rings. The summed E-state index contributed by atoms with van der Waals surface area (Å²) in [5.41, 5.74) is 4.68. The van der Waals surface area contributed by atoms with E-state index in [2.05, 4.69) is 30.5 Å². The Kier molecular flexibility index (Phi) is 6.08. The van der Waals surface area contributed by atoms with E-state index in [1.807, 2.05) is 0 Å². The lowest BCUT2D eigenvalue weighted by Gasteiger charge is -2.10. The molecule has 0 radical (unpaired) electrons. The predicted molar refractivity (Wildman–Crippen MR) is 102 cm³/mol. The Morgan fingerprint density at radius 2 is 1.73 bits per heavy atom. The van der Waals surface area contributed by atoms with E-state index in [4.69, 9.17) is 4.74 Å². The van der Waals surface area contributed by atoms with Crippen molar-refractivity contribution in [3.8, 4) is 11.6 Å². The average molecular weight is 410 g/mol. The molecule has 0 atom stereocenters. The van der Waals surface area contributed by atoms with Gasteiger partial charge in [-0.2, -0.15) is 4.98 Å². The second-order valence-electron chi connectivity index (χ2n) is 5.57. The van der Waals surface area contributed by atoms with Gasteiger partial charge in [-0.05, 0) is 36.4 Å². The molecule has 2 aromatic heterocycles. The number of nitro groups is 1. The molecular weight excluding hydrogens is 396 g/mol. The van der Waals surface area contributed by atoms with E-state index < -0.39 is 22.5 Å². The Labute approximate surface area is 169 Å². The lowest BCUT2D eigenvalue weighted by Crippen LogP contribution is -2.30. The topological polar surface area (TPSA) is 158 Å². The Morgan fingerprint density at radius 3 is 2.37 bits per heavy atom. The maximum atomic E-state index is 12.1. The van der Waals surface area contributed by atoms with Crippen LogP contribution in [0, 0.1) is 10.1 Å². The Bertz CT molecular complexity index is 1070. The van der Waals surface area contributed by atoms with E-state index in [0.29, 0.717) is 0 Å². The first kappa shape index (κ1) is 20.1. The van der Waals surface area contributed by atoms with E-state index in [-0.39, 0.29) is 28.6 Å². The molecule has 12 heteroatoms. The van der Waals surface area contributed by atoms with Crippen molar-refractivity contribution in [1.29, 1.82) is 0 Å². The molecule has 3 rings (SSSR count). The van der Waals surface area contributed by atoms with Crippen molar-refractivity contribution in [3.05, 3.63) is 76.4 Å². The van der Waals surface area contributed by atoms with Gasteiger partial charge in [0.05, 0.1) is 17.6 Å². The summed E-state index contributed by atoms with van der Waals surface area (Å²) in [6.07, 6.45) is 3.89. The van der Waals surface area contributed by atoms with Gasteiger partial charge in [0.25, 0.3) is 5.91 Å². The zero-order chi connectivity index (χ0) is 21.5. The molecule has 0 aliphatic carbocycles. The maximum absolute atomic E-state index is 12.1. The number of hydrazine groups is 1. The standard InChI is InChI=1S/C18H14N6O6/c1-29-18(26)12-2-4-13(5-3-12)30-17-14(24(27)28)15(20-10-21-17)22-23-16(25)11-6-8-19-9-7-11/h2-10H,1H3,(H,23,25)(H,20,21,22). The largest absolute Gasteiger partial charge is 0.465 e. The number of nitrogens with one attached hydrogen (secondary N) is 2. The van der Waals surface area contributed by atoms with Gasteiger partial charge in [-0.15, -0.1) is 0 Å². The highest BCUT2D eigenvalue weighted by Crippen LogP contribution is 2.33. The van der Waals surface area contributed by atoms with Crippen LogP contribution < -0.4 is 15.6 Å². The Balaban J connectivity index is 1.80. The highest BCUT2D eigenvalue weighted by molar-refractivity contribution is 5.94. The summed E-state index contributed by atoms with van der Waals surface area (Å²) >= 11 is 0. The quantitative estimate of drug-likeness (QED) is 0.335. The van der Waals surface area contributed by atoms with Gasteiger partial charge in [-0.3, -0.25) is 30.7 Å². The number of rotatable bonds is 7. The summed E-state index contributed by atoms with van der Waals surface area (Å²) in [6, 6.07) is 8.66. The second-order valence-corrected chi connectivity index (χ2v) is 5.57. The first-order valence-electron chi connectivity index (χ1n) is 8.31. The van der Waals surface area contributed by atoms with Crippen LogP contribution in [0.2, 0.25) is 0 Å². The zero-order valence-electron chi connectivity index (χ0n) is 15.4. The van der Waals surface area contributed by atoms with Crippen molar-refractivity contribution in [2.75, 3.05) is 12.5 Å². The number of benzene rings is 1. The summed E-state index contributed by atoms with van der Waals surface area (Å²) in [4.78, 5) is 45.8. The number of nitrogens with zero attached hydrogens (tertiary/aromatic N) is 4. The fraction of sp³-hybridized carbons (Fsp3) is 0.0556. The number of amides is 1. The van der Waals surface area contributed by atoms with E-state index in [1.54, 1.807) is 0 Å². The lowest BCUT2D eigenvalue weighted by atomic mass is 10.2. The molecule has 0 aliphatic rings. The predicted octanol–water partition coefficient (Wildman–Crippen LogP) is 2.12. The van der Waals surface area contributed by atoms with Crippen molar-refractivity contribution in [1.82, 2.24) is 20.4 Å². The lowest BCUT2D eigenvalue weighted by molar-refractivity contribution is -0.385. The third kappa shape index (κ3) is 4.62. The van der Waals surface area contributed by atoms with E-state index in [1.165, 1.54) is 55.9 Å². The summed E-state index contributed by atoms with van der Waals surface area (Å²) in [5.74, 6) is -1.53. The summed E-state index contributed by atoms with van der Waals surface area (Å²) < 4.78 is 10.1. The van der Waals surface area contributed by atoms with Crippen LogP contribution in [-0.2, 0) is 4.74 Å². The van der Waals surface area contributed by atoms with E-state index >= 15 is 0 Å². The van der Waals surface area contributed by atoms with Gasteiger partial charge in [0.1, 0.15) is 12.1 Å². The number of hydrogen-bond acceptors (Lipinski definition) is 10. The molecule has 30 heavy (non-hydrogen) atoms. The number of aromatic nitrogens is 3. The zero-order valence-corrected chi connectivity index (χ0v) is 15.4. The normalized spacial score (nSPS) is 10.0. The number of methoxy groups -OCH3 is 1. The third-order valence-electron chi connectivity index (χ3n) is 3.70. The molecule has 2 heterocycles. The van der Waals surface area contributed by atoms with Crippen LogP contribution in [0.4, 0.5) is 11.5 Å². The highest BCUT2D eigenvalue weighted by Gasteiger charge is 2.25. The molecular formula is C18H14N6O6. The monoisotopic (exact) mass is 410 g/mol. The van der Waals surface area contributed by atoms with Crippen LogP contribution in [0.1, 0.15) is 20.7 Å². The maximum Gasteiger partial charge on any atom is 0.374 e. The van der Waals surface area contributed by atoms with Crippen molar-refractivity contribution in [2.24, 2.45) is 0 Å². The molecule has 1 aromatic carbocycles. The number of hydrogen-bond donors (Lipinski definition) is 2. The van der Waals surface area contributed by atoms with Gasteiger partial charge in [-0.25, -0.2) is 9.78 Å². The van der Waals surface area contributed by atoms with Crippen LogP contribution in [-0.4, -0.2) is 38.9 Å². The van der Waals surface area contributed by atoms with Gasteiger partial charge in [-0.1, -0.05) is 0 Å². The fourth-order valence-corrected chi connectivity index (χ4v) is 2.27. The molecule has 3 aromatic rings. The van der Waals surface area contributed by atoms with E-state index in [9.17, 15) is 19.7 Å². The minimum Gasteiger partial charge on any atom is -0.465 e. The van der Waals surface area contributed by atoms with Crippen LogP contribution >= 0.6 is 0 Å². The second kappa shape index (κ2) is 9.05. The molecule has 12 nitrogen and oxygen atoms in total. The Morgan fingerprint density at radius 1 is 1.03 bits per heavy atom.